The maximum absolute atomic E-state index is 12.0. The summed E-state index contributed by atoms with van der Waals surface area (Å²) in [6.45, 7) is 5.33. The molecule has 1 aliphatic rings. The number of hydrogen-bond acceptors (Lipinski definition) is 3. The molecule has 0 aromatic carbocycles. The first-order valence-electron chi connectivity index (χ1n) is 6.85. The fourth-order valence-corrected chi connectivity index (χ4v) is 2.30. The summed E-state index contributed by atoms with van der Waals surface area (Å²) in [5.41, 5.74) is 5.42. The molecule has 0 radical (unpaired) electrons. The smallest absolute Gasteiger partial charge is 0.240 e. The van der Waals surface area contributed by atoms with Crippen LogP contribution in [0, 0.1) is 0 Å². The number of carbonyl (C=O) groups excluding carboxylic acids is 2. The van der Waals surface area contributed by atoms with Crippen molar-refractivity contribution >= 4 is 11.8 Å². The van der Waals surface area contributed by atoms with Crippen molar-refractivity contribution in [2.45, 2.75) is 51.5 Å². The number of hydrogen-bond donors (Lipinski definition) is 2. The number of nitrogens with one attached hydrogen (secondary N) is 1. The van der Waals surface area contributed by atoms with Crippen LogP contribution in [0.5, 0.6) is 0 Å². The van der Waals surface area contributed by atoms with Gasteiger partial charge < -0.3 is 16.0 Å². The van der Waals surface area contributed by atoms with E-state index in [0.29, 0.717) is 19.5 Å². The number of piperidine rings is 1. The van der Waals surface area contributed by atoms with E-state index in [2.05, 4.69) is 5.32 Å². The average Bonchev–Trinajstić information content (AvgIpc) is 2.39. The van der Waals surface area contributed by atoms with Gasteiger partial charge in [-0.05, 0) is 25.7 Å². The van der Waals surface area contributed by atoms with Crippen molar-refractivity contribution < 1.29 is 9.59 Å². The van der Waals surface area contributed by atoms with Crippen LogP contribution in [0.1, 0.15) is 46.0 Å². The first-order chi connectivity index (χ1) is 8.56. The Balaban J connectivity index is 2.52. The second-order valence-corrected chi connectivity index (χ2v) is 5.01. The molecule has 1 aliphatic heterocycles. The van der Waals surface area contributed by atoms with Gasteiger partial charge in [0, 0.05) is 19.5 Å². The Kier molecular flexibility index (Phi) is 5.59. The third-order valence-corrected chi connectivity index (χ3v) is 3.90. The summed E-state index contributed by atoms with van der Waals surface area (Å²) >= 11 is 0. The Morgan fingerprint density at radius 2 is 2.06 bits per heavy atom. The van der Waals surface area contributed by atoms with Crippen molar-refractivity contribution in [2.75, 3.05) is 19.6 Å². The van der Waals surface area contributed by atoms with Crippen molar-refractivity contribution in [1.82, 2.24) is 10.2 Å². The number of rotatable bonds is 6. The molecule has 0 atom stereocenters. The van der Waals surface area contributed by atoms with Gasteiger partial charge in [0.05, 0.1) is 12.1 Å². The predicted molar refractivity (Wildman–Crippen MR) is 70.9 cm³/mol. The standard InChI is InChI=1S/C13H25N3O2/c1-3-13(4-2,10-14)15-11(17)9-16-8-6-5-7-12(16)18/h3-10,14H2,1-2H3,(H,15,17). The quantitative estimate of drug-likeness (QED) is 0.731. The van der Waals surface area contributed by atoms with Crippen molar-refractivity contribution in [3.8, 4) is 0 Å². The maximum Gasteiger partial charge on any atom is 0.240 e. The Morgan fingerprint density at radius 1 is 1.39 bits per heavy atom. The number of amides is 2. The molecular weight excluding hydrogens is 230 g/mol. The molecule has 0 aliphatic carbocycles. The minimum absolute atomic E-state index is 0.0859. The molecule has 0 saturated carbocycles. The summed E-state index contributed by atoms with van der Waals surface area (Å²) < 4.78 is 0. The van der Waals surface area contributed by atoms with Gasteiger partial charge in [-0.15, -0.1) is 0 Å². The van der Waals surface area contributed by atoms with E-state index in [-0.39, 0.29) is 23.9 Å². The lowest BCUT2D eigenvalue weighted by Crippen LogP contribution is -2.55. The van der Waals surface area contributed by atoms with E-state index < -0.39 is 0 Å². The largest absolute Gasteiger partial charge is 0.348 e. The lowest BCUT2D eigenvalue weighted by atomic mass is 9.93. The molecule has 104 valence electrons. The van der Waals surface area contributed by atoms with Gasteiger partial charge in [0.15, 0.2) is 0 Å². The third-order valence-electron chi connectivity index (χ3n) is 3.90. The molecule has 2 amide bonds. The van der Waals surface area contributed by atoms with E-state index >= 15 is 0 Å². The van der Waals surface area contributed by atoms with Crippen molar-refractivity contribution in [3.05, 3.63) is 0 Å². The topological polar surface area (TPSA) is 75.4 Å². The highest BCUT2D eigenvalue weighted by Gasteiger charge is 2.28. The van der Waals surface area contributed by atoms with Gasteiger partial charge in [0.1, 0.15) is 0 Å². The highest BCUT2D eigenvalue weighted by atomic mass is 16.2. The zero-order valence-electron chi connectivity index (χ0n) is 11.5. The minimum Gasteiger partial charge on any atom is -0.348 e. The highest BCUT2D eigenvalue weighted by Crippen LogP contribution is 2.14. The van der Waals surface area contributed by atoms with Gasteiger partial charge >= 0.3 is 0 Å². The van der Waals surface area contributed by atoms with Crippen LogP contribution in [0.3, 0.4) is 0 Å². The molecule has 5 nitrogen and oxygen atoms in total. The SMILES string of the molecule is CCC(CC)(CN)NC(=O)CN1CCCCC1=O. The Hall–Kier alpha value is -1.10. The van der Waals surface area contributed by atoms with Crippen LogP contribution >= 0.6 is 0 Å². The van der Waals surface area contributed by atoms with Crippen LogP contribution in [0.15, 0.2) is 0 Å². The monoisotopic (exact) mass is 255 g/mol. The summed E-state index contributed by atoms with van der Waals surface area (Å²) in [5.74, 6) is -0.0119. The molecule has 18 heavy (non-hydrogen) atoms. The summed E-state index contributed by atoms with van der Waals surface area (Å²) in [7, 11) is 0. The van der Waals surface area contributed by atoms with Crippen molar-refractivity contribution in [1.29, 1.82) is 0 Å². The molecule has 0 aromatic rings. The van der Waals surface area contributed by atoms with Gasteiger partial charge in [-0.3, -0.25) is 9.59 Å². The Morgan fingerprint density at radius 3 is 2.56 bits per heavy atom. The summed E-state index contributed by atoms with van der Waals surface area (Å²) in [4.78, 5) is 25.3. The molecule has 0 bridgehead atoms. The van der Waals surface area contributed by atoms with Crippen LogP contribution in [0.4, 0.5) is 0 Å². The molecule has 1 heterocycles. The average molecular weight is 255 g/mol. The number of nitrogens with two attached hydrogens (primary N) is 1. The predicted octanol–water partition coefficient (Wildman–Crippen LogP) is 0.633. The van der Waals surface area contributed by atoms with E-state index in [1.165, 1.54) is 0 Å². The molecule has 3 N–H and O–H groups in total. The number of nitrogens with zero attached hydrogens (tertiary/aromatic N) is 1. The summed E-state index contributed by atoms with van der Waals surface area (Å²) in [6, 6.07) is 0. The lowest BCUT2D eigenvalue weighted by molar-refractivity contribution is -0.138. The zero-order valence-corrected chi connectivity index (χ0v) is 11.5. The van der Waals surface area contributed by atoms with E-state index in [4.69, 9.17) is 5.73 Å². The van der Waals surface area contributed by atoms with Crippen molar-refractivity contribution in [2.24, 2.45) is 5.73 Å². The molecular formula is C13H25N3O2. The fourth-order valence-electron chi connectivity index (χ4n) is 2.30. The molecule has 1 rings (SSSR count). The Bertz CT molecular complexity index is 292. The molecule has 0 unspecified atom stereocenters. The number of likely N-dealkylation sites (tertiary alicyclic amines) is 1. The van der Waals surface area contributed by atoms with Crippen LogP contribution < -0.4 is 11.1 Å². The summed E-state index contributed by atoms with van der Waals surface area (Å²) in [6.07, 6.45) is 4.10. The Labute approximate surface area is 109 Å². The van der Waals surface area contributed by atoms with E-state index in [1.807, 2.05) is 13.8 Å². The third kappa shape index (κ3) is 3.70. The van der Waals surface area contributed by atoms with Gasteiger partial charge in [0.2, 0.25) is 11.8 Å². The number of carbonyl (C=O) groups is 2. The maximum atomic E-state index is 12.0. The lowest BCUT2D eigenvalue weighted by Gasteiger charge is -2.33. The molecule has 1 fully saturated rings. The van der Waals surface area contributed by atoms with Crippen LogP contribution in [-0.2, 0) is 9.59 Å². The van der Waals surface area contributed by atoms with E-state index in [9.17, 15) is 9.59 Å². The first-order valence-corrected chi connectivity index (χ1v) is 6.85. The minimum atomic E-state index is -0.323. The molecule has 1 saturated heterocycles. The first kappa shape index (κ1) is 15.0. The summed E-state index contributed by atoms with van der Waals surface area (Å²) in [5, 5.41) is 2.99. The normalized spacial score (nSPS) is 16.8. The van der Waals surface area contributed by atoms with Crippen LogP contribution in [0.2, 0.25) is 0 Å². The van der Waals surface area contributed by atoms with E-state index in [1.54, 1.807) is 4.90 Å². The molecule has 5 heteroatoms. The van der Waals surface area contributed by atoms with Gasteiger partial charge in [-0.2, -0.15) is 0 Å². The highest BCUT2D eigenvalue weighted by molar-refractivity contribution is 5.85. The molecule has 0 spiro atoms. The fraction of sp³-hybridized carbons (Fsp3) is 0.846. The second kappa shape index (κ2) is 6.73. The van der Waals surface area contributed by atoms with Crippen molar-refractivity contribution in [3.63, 3.8) is 0 Å². The van der Waals surface area contributed by atoms with Gasteiger partial charge in [-0.25, -0.2) is 0 Å². The van der Waals surface area contributed by atoms with Gasteiger partial charge in [0.25, 0.3) is 0 Å². The van der Waals surface area contributed by atoms with E-state index in [0.717, 1.165) is 25.7 Å². The molecule has 0 aromatic heterocycles. The van der Waals surface area contributed by atoms with Gasteiger partial charge in [-0.1, -0.05) is 13.8 Å². The second-order valence-electron chi connectivity index (χ2n) is 5.01. The van der Waals surface area contributed by atoms with Crippen LogP contribution in [0.25, 0.3) is 0 Å². The van der Waals surface area contributed by atoms with Crippen LogP contribution in [-0.4, -0.2) is 41.9 Å². The zero-order chi connectivity index (χ0) is 13.6.